The number of rotatable bonds is 3. The molecule has 18 heavy (non-hydrogen) atoms. The van der Waals surface area contributed by atoms with Crippen LogP contribution in [0.2, 0.25) is 0 Å². The third-order valence-electron chi connectivity index (χ3n) is 4.79. The van der Waals surface area contributed by atoms with E-state index >= 15 is 0 Å². The Hall–Kier alpha value is -0.870. The van der Waals surface area contributed by atoms with Crippen LogP contribution >= 0.6 is 0 Å². The zero-order chi connectivity index (χ0) is 12.9. The van der Waals surface area contributed by atoms with E-state index in [1.165, 1.54) is 24.4 Å². The predicted octanol–water partition coefficient (Wildman–Crippen LogP) is 1.21. The highest BCUT2D eigenvalue weighted by molar-refractivity contribution is 5.13. The number of likely N-dealkylation sites (tertiary alicyclic amines) is 1. The fourth-order valence-corrected chi connectivity index (χ4v) is 3.22. The zero-order valence-electron chi connectivity index (χ0n) is 11.7. The van der Waals surface area contributed by atoms with E-state index in [0.29, 0.717) is 6.04 Å². The van der Waals surface area contributed by atoms with Crippen molar-refractivity contribution in [1.29, 1.82) is 0 Å². The molecular formula is C14H24N4. The Labute approximate surface area is 109 Å². The van der Waals surface area contributed by atoms with Crippen LogP contribution in [0.4, 0.5) is 0 Å². The summed E-state index contributed by atoms with van der Waals surface area (Å²) in [5.74, 6) is 2.82. The Balaban J connectivity index is 1.68. The fraction of sp³-hybridized carbons (Fsp3) is 0.786. The van der Waals surface area contributed by atoms with Gasteiger partial charge in [0.25, 0.3) is 0 Å². The zero-order valence-corrected chi connectivity index (χ0v) is 11.7. The minimum atomic E-state index is 0.375. The van der Waals surface area contributed by atoms with E-state index in [0.717, 1.165) is 37.2 Å². The molecule has 0 bridgehead atoms. The second kappa shape index (κ2) is 4.35. The minimum Gasteiger partial charge on any atom is -0.334 e. The van der Waals surface area contributed by atoms with Crippen LogP contribution < -0.4 is 5.73 Å². The fourth-order valence-electron chi connectivity index (χ4n) is 3.22. The number of hydrogen-bond acceptors (Lipinski definition) is 3. The smallest absolute Gasteiger partial charge is 0.123 e. The molecule has 2 N–H and O–H groups in total. The summed E-state index contributed by atoms with van der Waals surface area (Å²) >= 11 is 0. The largest absolute Gasteiger partial charge is 0.334 e. The summed E-state index contributed by atoms with van der Waals surface area (Å²) in [7, 11) is 2.11. The lowest BCUT2D eigenvalue weighted by Crippen LogP contribution is -2.30. The van der Waals surface area contributed by atoms with E-state index in [1.807, 2.05) is 0 Å². The van der Waals surface area contributed by atoms with Gasteiger partial charge in [-0.25, -0.2) is 4.98 Å². The molecule has 0 unspecified atom stereocenters. The highest BCUT2D eigenvalue weighted by atomic mass is 15.2. The highest BCUT2D eigenvalue weighted by Gasteiger charge is 2.40. The van der Waals surface area contributed by atoms with Gasteiger partial charge in [-0.05, 0) is 38.5 Å². The lowest BCUT2D eigenvalue weighted by molar-refractivity contribution is 0.298. The van der Waals surface area contributed by atoms with Crippen LogP contribution in [-0.2, 0) is 13.6 Å². The van der Waals surface area contributed by atoms with Gasteiger partial charge >= 0.3 is 0 Å². The van der Waals surface area contributed by atoms with Crippen molar-refractivity contribution in [3.8, 4) is 0 Å². The van der Waals surface area contributed by atoms with Gasteiger partial charge in [0.15, 0.2) is 0 Å². The molecule has 0 aromatic carbocycles. The first-order valence-corrected chi connectivity index (χ1v) is 7.03. The van der Waals surface area contributed by atoms with Gasteiger partial charge in [0.2, 0.25) is 0 Å². The van der Waals surface area contributed by atoms with Gasteiger partial charge in [0, 0.05) is 31.9 Å². The monoisotopic (exact) mass is 248 g/mol. The van der Waals surface area contributed by atoms with Crippen molar-refractivity contribution in [1.82, 2.24) is 14.5 Å². The third kappa shape index (κ3) is 2.08. The molecule has 2 atom stereocenters. The number of nitrogens with zero attached hydrogens (tertiary/aromatic N) is 3. The molecule has 3 rings (SSSR count). The molecule has 2 fully saturated rings. The summed E-state index contributed by atoms with van der Waals surface area (Å²) in [5.41, 5.74) is 8.69. The Kier molecular flexibility index (Phi) is 2.94. The molecule has 4 heteroatoms. The summed E-state index contributed by atoms with van der Waals surface area (Å²) in [6.07, 6.45) is 2.79. The van der Waals surface area contributed by atoms with Gasteiger partial charge in [0.05, 0.1) is 12.2 Å². The number of aromatic nitrogens is 2. The van der Waals surface area contributed by atoms with Crippen molar-refractivity contribution in [3.63, 3.8) is 0 Å². The molecule has 1 aliphatic heterocycles. The van der Waals surface area contributed by atoms with E-state index in [9.17, 15) is 0 Å². The van der Waals surface area contributed by atoms with Crippen LogP contribution in [-0.4, -0.2) is 33.6 Å². The molecule has 1 saturated heterocycles. The number of aryl methyl sites for hydroxylation is 1. The van der Waals surface area contributed by atoms with Crippen LogP contribution in [0.1, 0.15) is 30.1 Å². The van der Waals surface area contributed by atoms with Crippen LogP contribution in [0.5, 0.6) is 0 Å². The first-order chi connectivity index (χ1) is 8.56. The molecule has 2 aliphatic rings. The standard InChI is InChI=1S/C14H24N4/c1-9-10(2)17(3)14(16-9)8-18-6-12(11-4-5-11)13(15)7-18/h11-13H,4-8,15H2,1-3H3/t12-,13+/m1/s1. The summed E-state index contributed by atoms with van der Waals surface area (Å²) in [6.45, 7) is 7.36. The van der Waals surface area contributed by atoms with Gasteiger partial charge in [-0.1, -0.05) is 0 Å². The molecule has 2 heterocycles. The molecule has 1 aromatic heterocycles. The summed E-state index contributed by atoms with van der Waals surface area (Å²) in [5, 5.41) is 0. The minimum absolute atomic E-state index is 0.375. The van der Waals surface area contributed by atoms with Crippen LogP contribution in [0.25, 0.3) is 0 Å². The molecular weight excluding hydrogens is 224 g/mol. The maximum absolute atomic E-state index is 6.27. The molecule has 1 aromatic rings. The lowest BCUT2D eigenvalue weighted by Gasteiger charge is -2.15. The second-order valence-electron chi connectivity index (χ2n) is 6.12. The first kappa shape index (κ1) is 12.2. The van der Waals surface area contributed by atoms with Gasteiger partial charge in [-0.2, -0.15) is 0 Å². The van der Waals surface area contributed by atoms with E-state index in [1.54, 1.807) is 0 Å². The van der Waals surface area contributed by atoms with Gasteiger partial charge in [0.1, 0.15) is 5.82 Å². The first-order valence-electron chi connectivity index (χ1n) is 7.03. The van der Waals surface area contributed by atoms with E-state index < -0.39 is 0 Å². The summed E-state index contributed by atoms with van der Waals surface area (Å²) < 4.78 is 2.21. The average Bonchev–Trinajstić information content (AvgIpc) is 3.06. The van der Waals surface area contributed by atoms with Crippen molar-refractivity contribution in [2.75, 3.05) is 13.1 Å². The van der Waals surface area contributed by atoms with E-state index in [4.69, 9.17) is 5.73 Å². The van der Waals surface area contributed by atoms with Crippen LogP contribution in [0.3, 0.4) is 0 Å². The Morgan fingerprint density at radius 2 is 2.00 bits per heavy atom. The Bertz CT molecular complexity index is 447. The van der Waals surface area contributed by atoms with Crippen molar-refractivity contribution in [3.05, 3.63) is 17.2 Å². The van der Waals surface area contributed by atoms with Crippen LogP contribution in [0.15, 0.2) is 0 Å². The Morgan fingerprint density at radius 1 is 1.28 bits per heavy atom. The van der Waals surface area contributed by atoms with Crippen molar-refractivity contribution in [2.45, 2.75) is 39.3 Å². The van der Waals surface area contributed by atoms with Gasteiger partial charge < -0.3 is 10.3 Å². The third-order valence-corrected chi connectivity index (χ3v) is 4.79. The molecule has 0 amide bonds. The van der Waals surface area contributed by atoms with Gasteiger partial charge in [-0.15, -0.1) is 0 Å². The Morgan fingerprint density at radius 3 is 2.56 bits per heavy atom. The maximum Gasteiger partial charge on any atom is 0.123 e. The van der Waals surface area contributed by atoms with Crippen molar-refractivity contribution >= 4 is 0 Å². The highest BCUT2D eigenvalue weighted by Crippen LogP contribution is 2.41. The normalized spacial score (nSPS) is 29.1. The summed E-state index contributed by atoms with van der Waals surface area (Å²) in [6, 6.07) is 0.375. The maximum atomic E-state index is 6.27. The van der Waals surface area contributed by atoms with E-state index in [2.05, 4.69) is 35.3 Å². The van der Waals surface area contributed by atoms with Gasteiger partial charge in [-0.3, -0.25) is 4.90 Å². The molecule has 1 aliphatic carbocycles. The van der Waals surface area contributed by atoms with Crippen molar-refractivity contribution in [2.24, 2.45) is 24.6 Å². The number of imidazole rings is 1. The topological polar surface area (TPSA) is 47.1 Å². The number of hydrogen-bond donors (Lipinski definition) is 1. The molecule has 1 saturated carbocycles. The lowest BCUT2D eigenvalue weighted by atomic mass is 9.99. The number of nitrogens with two attached hydrogens (primary N) is 1. The SMILES string of the molecule is Cc1nc(CN2C[C@H](C3CC3)[C@@H](N)C2)n(C)c1C. The molecule has 0 spiro atoms. The molecule has 0 radical (unpaired) electrons. The molecule has 4 nitrogen and oxygen atoms in total. The quantitative estimate of drug-likeness (QED) is 0.874. The predicted molar refractivity (Wildman–Crippen MR) is 72.1 cm³/mol. The molecule has 100 valence electrons. The summed E-state index contributed by atoms with van der Waals surface area (Å²) in [4.78, 5) is 7.15. The average molecular weight is 248 g/mol. The van der Waals surface area contributed by atoms with E-state index in [-0.39, 0.29) is 0 Å². The van der Waals surface area contributed by atoms with Crippen molar-refractivity contribution < 1.29 is 0 Å². The second-order valence-corrected chi connectivity index (χ2v) is 6.12. The van der Waals surface area contributed by atoms with Crippen LogP contribution in [0, 0.1) is 25.7 Å².